The first-order valence-electron chi connectivity index (χ1n) is 11.0. The van der Waals surface area contributed by atoms with Crippen LogP contribution in [0.15, 0.2) is 42.5 Å². The second-order valence-electron chi connectivity index (χ2n) is 7.79. The molecule has 1 heterocycles. The molecule has 0 bridgehead atoms. The summed E-state index contributed by atoms with van der Waals surface area (Å²) in [4.78, 5) is 30.9. The van der Waals surface area contributed by atoms with Crippen LogP contribution in [0.3, 0.4) is 0 Å². The zero-order valence-corrected chi connectivity index (χ0v) is 20.0. The smallest absolute Gasteiger partial charge is 0.226 e. The van der Waals surface area contributed by atoms with Crippen molar-refractivity contribution in [2.24, 2.45) is 0 Å². The number of benzene rings is 2. The van der Waals surface area contributed by atoms with Crippen molar-refractivity contribution in [3.05, 3.63) is 64.0 Å². The first kappa shape index (κ1) is 23.7. The minimum atomic E-state index is -0.196. The lowest BCUT2D eigenvalue weighted by Crippen LogP contribution is -2.13. The summed E-state index contributed by atoms with van der Waals surface area (Å²) >= 11 is 1.50. The molecular weight excluding hydrogens is 420 g/mol. The molecule has 0 unspecified atom stereocenters. The molecule has 0 spiro atoms. The third kappa shape index (κ3) is 6.04. The summed E-state index contributed by atoms with van der Waals surface area (Å²) in [5.74, 6) is 0.613. The third-order valence-corrected chi connectivity index (χ3v) is 6.15. The summed E-state index contributed by atoms with van der Waals surface area (Å²) in [5, 5.41) is 3.46. The lowest BCUT2D eigenvalue weighted by molar-refractivity contribution is -0.116. The summed E-state index contributed by atoms with van der Waals surface area (Å²) in [6.45, 7) is 8.63. The van der Waals surface area contributed by atoms with E-state index in [2.05, 4.69) is 17.2 Å². The molecule has 0 atom stereocenters. The number of amides is 1. The maximum Gasteiger partial charge on any atom is 0.226 e. The van der Waals surface area contributed by atoms with Gasteiger partial charge in [0.15, 0.2) is 10.9 Å². The second-order valence-corrected chi connectivity index (χ2v) is 8.87. The van der Waals surface area contributed by atoms with Crippen LogP contribution in [0, 0.1) is 13.8 Å². The first-order valence-corrected chi connectivity index (χ1v) is 11.9. The van der Waals surface area contributed by atoms with E-state index in [-0.39, 0.29) is 24.5 Å². The van der Waals surface area contributed by atoms with Gasteiger partial charge in [0.25, 0.3) is 0 Å². The molecule has 1 aromatic heterocycles. The molecule has 6 heteroatoms. The molecule has 0 saturated heterocycles. The quantitative estimate of drug-likeness (QED) is 0.364. The molecule has 3 aromatic rings. The van der Waals surface area contributed by atoms with Crippen molar-refractivity contribution in [3.8, 4) is 17.0 Å². The van der Waals surface area contributed by atoms with Crippen LogP contribution in [0.25, 0.3) is 11.3 Å². The standard InChI is InChI=1S/C26H30N2O3S/c1-5-7-23-25(19-9-11-20(12-10-19)31-6-2)28-26(32-23)27-24(30)15-14-22(29)21-13-8-17(3)16-18(21)4/h8-13,16H,5-7,14-15H2,1-4H3,(H,27,28,30). The van der Waals surface area contributed by atoms with Crippen LogP contribution in [0.2, 0.25) is 0 Å². The Morgan fingerprint density at radius 3 is 2.44 bits per heavy atom. The van der Waals surface area contributed by atoms with Gasteiger partial charge in [-0.25, -0.2) is 4.98 Å². The number of anilines is 1. The fourth-order valence-electron chi connectivity index (χ4n) is 3.57. The largest absolute Gasteiger partial charge is 0.494 e. The van der Waals surface area contributed by atoms with E-state index in [0.717, 1.165) is 45.9 Å². The van der Waals surface area contributed by atoms with Gasteiger partial charge in [-0.1, -0.05) is 37.1 Å². The van der Waals surface area contributed by atoms with E-state index < -0.39 is 0 Å². The Kier molecular flexibility index (Phi) is 8.17. The molecule has 2 aromatic carbocycles. The van der Waals surface area contributed by atoms with Crippen molar-refractivity contribution in [2.75, 3.05) is 11.9 Å². The molecular formula is C26H30N2O3S. The normalized spacial score (nSPS) is 10.8. The summed E-state index contributed by atoms with van der Waals surface area (Å²) in [6, 6.07) is 13.6. The van der Waals surface area contributed by atoms with Crippen LogP contribution in [-0.4, -0.2) is 23.3 Å². The second kappa shape index (κ2) is 11.0. The number of carbonyl (C=O) groups excluding carboxylic acids is 2. The van der Waals surface area contributed by atoms with E-state index in [9.17, 15) is 9.59 Å². The van der Waals surface area contributed by atoms with Gasteiger partial charge in [0.05, 0.1) is 12.3 Å². The van der Waals surface area contributed by atoms with E-state index >= 15 is 0 Å². The molecule has 3 rings (SSSR count). The van der Waals surface area contributed by atoms with Crippen molar-refractivity contribution in [1.29, 1.82) is 0 Å². The van der Waals surface area contributed by atoms with Crippen LogP contribution in [0.4, 0.5) is 5.13 Å². The number of hydrogen-bond acceptors (Lipinski definition) is 5. The van der Waals surface area contributed by atoms with Gasteiger partial charge >= 0.3 is 0 Å². The number of nitrogens with one attached hydrogen (secondary N) is 1. The number of hydrogen-bond donors (Lipinski definition) is 1. The first-order chi connectivity index (χ1) is 15.4. The van der Waals surface area contributed by atoms with E-state index in [1.165, 1.54) is 11.3 Å². The fraction of sp³-hybridized carbons (Fsp3) is 0.346. The number of rotatable bonds is 10. The summed E-state index contributed by atoms with van der Waals surface area (Å²) in [7, 11) is 0. The highest BCUT2D eigenvalue weighted by molar-refractivity contribution is 7.16. The molecule has 5 nitrogen and oxygen atoms in total. The fourth-order valence-corrected chi connectivity index (χ4v) is 4.67. The zero-order valence-electron chi connectivity index (χ0n) is 19.2. The number of aryl methyl sites for hydroxylation is 3. The highest BCUT2D eigenvalue weighted by Gasteiger charge is 2.16. The highest BCUT2D eigenvalue weighted by atomic mass is 32.1. The van der Waals surface area contributed by atoms with Crippen molar-refractivity contribution < 1.29 is 14.3 Å². The summed E-state index contributed by atoms with van der Waals surface area (Å²) in [6.07, 6.45) is 2.19. The monoisotopic (exact) mass is 450 g/mol. The van der Waals surface area contributed by atoms with E-state index in [1.807, 2.05) is 63.2 Å². The minimum absolute atomic E-state index is 0.0152. The van der Waals surface area contributed by atoms with E-state index in [4.69, 9.17) is 4.74 Å². The molecule has 0 fully saturated rings. The molecule has 0 aliphatic rings. The average Bonchev–Trinajstić information content (AvgIpc) is 3.15. The van der Waals surface area contributed by atoms with Gasteiger partial charge < -0.3 is 10.1 Å². The van der Waals surface area contributed by atoms with Gasteiger partial charge in [0, 0.05) is 28.8 Å². The average molecular weight is 451 g/mol. The molecule has 1 N–H and O–H groups in total. The van der Waals surface area contributed by atoms with Crippen LogP contribution >= 0.6 is 11.3 Å². The zero-order chi connectivity index (χ0) is 23.1. The molecule has 0 aliphatic heterocycles. The highest BCUT2D eigenvalue weighted by Crippen LogP contribution is 2.33. The Hall–Kier alpha value is -2.99. The Balaban J connectivity index is 1.66. The number of Topliss-reactive ketones (excluding diaryl/α,β-unsaturated/α-hetero) is 1. The molecule has 168 valence electrons. The maximum atomic E-state index is 12.5. The van der Waals surface area contributed by atoms with Gasteiger partial charge in [-0.15, -0.1) is 11.3 Å². The minimum Gasteiger partial charge on any atom is -0.494 e. The maximum absolute atomic E-state index is 12.5. The van der Waals surface area contributed by atoms with Crippen LogP contribution in [-0.2, 0) is 11.2 Å². The van der Waals surface area contributed by atoms with Gasteiger partial charge in [0.1, 0.15) is 5.75 Å². The van der Waals surface area contributed by atoms with E-state index in [1.54, 1.807) is 0 Å². The van der Waals surface area contributed by atoms with Crippen molar-refractivity contribution in [2.45, 2.75) is 53.4 Å². The molecule has 0 radical (unpaired) electrons. The Labute approximate surface area is 193 Å². The Bertz CT molecular complexity index is 1090. The number of aromatic nitrogens is 1. The summed E-state index contributed by atoms with van der Waals surface area (Å²) < 4.78 is 5.52. The topological polar surface area (TPSA) is 68.3 Å². The van der Waals surface area contributed by atoms with Gasteiger partial charge in [-0.05, 0) is 57.0 Å². The van der Waals surface area contributed by atoms with E-state index in [0.29, 0.717) is 17.3 Å². The van der Waals surface area contributed by atoms with Crippen molar-refractivity contribution >= 4 is 28.2 Å². The van der Waals surface area contributed by atoms with Crippen molar-refractivity contribution in [3.63, 3.8) is 0 Å². The van der Waals surface area contributed by atoms with Crippen molar-refractivity contribution in [1.82, 2.24) is 4.98 Å². The van der Waals surface area contributed by atoms with Gasteiger partial charge in [-0.2, -0.15) is 0 Å². The Morgan fingerprint density at radius 2 is 1.78 bits per heavy atom. The molecule has 1 amide bonds. The summed E-state index contributed by atoms with van der Waals surface area (Å²) in [5.41, 5.74) is 4.63. The predicted octanol–water partition coefficient (Wildman–Crippen LogP) is 6.38. The Morgan fingerprint density at radius 1 is 1.03 bits per heavy atom. The van der Waals surface area contributed by atoms with Crippen LogP contribution in [0.5, 0.6) is 5.75 Å². The predicted molar refractivity (Wildman–Crippen MR) is 131 cm³/mol. The number of ether oxygens (including phenoxy) is 1. The van der Waals surface area contributed by atoms with Gasteiger partial charge in [0.2, 0.25) is 5.91 Å². The number of carbonyl (C=O) groups is 2. The lowest BCUT2D eigenvalue weighted by Gasteiger charge is -2.06. The van der Waals surface area contributed by atoms with Crippen LogP contribution in [0.1, 0.15) is 59.5 Å². The molecule has 0 aliphatic carbocycles. The number of ketones is 1. The number of nitrogens with zero attached hydrogens (tertiary/aromatic N) is 1. The molecule has 32 heavy (non-hydrogen) atoms. The molecule has 0 saturated carbocycles. The SMILES string of the molecule is CCCc1sc(NC(=O)CCC(=O)c2ccc(C)cc2C)nc1-c1ccc(OCC)cc1. The lowest BCUT2D eigenvalue weighted by atomic mass is 9.99. The van der Waals surface area contributed by atoms with Crippen LogP contribution < -0.4 is 10.1 Å². The number of thiazole rings is 1. The van der Waals surface area contributed by atoms with Gasteiger partial charge in [-0.3, -0.25) is 9.59 Å². The third-order valence-electron chi connectivity index (χ3n) is 5.12.